The van der Waals surface area contributed by atoms with Crippen molar-refractivity contribution in [2.75, 3.05) is 6.54 Å². The molecule has 128 valence electrons. The highest BCUT2D eigenvalue weighted by molar-refractivity contribution is 6.31. The van der Waals surface area contributed by atoms with Crippen LogP contribution in [0.1, 0.15) is 16.8 Å². The number of amides is 1. The molecule has 4 nitrogen and oxygen atoms in total. The number of nitrogens with one attached hydrogen (secondary N) is 1. The molecule has 0 spiro atoms. The van der Waals surface area contributed by atoms with Crippen molar-refractivity contribution < 1.29 is 9.90 Å². The second-order valence-electron chi connectivity index (χ2n) is 6.33. The van der Waals surface area contributed by atoms with Gasteiger partial charge < -0.3 is 15.0 Å². The molecule has 4 rings (SSSR count). The zero-order valence-corrected chi connectivity index (χ0v) is 14.9. The van der Waals surface area contributed by atoms with E-state index in [9.17, 15) is 9.90 Å². The van der Waals surface area contributed by atoms with Crippen molar-refractivity contribution in [1.29, 1.82) is 0 Å². The Morgan fingerprint density at radius 2 is 2.00 bits per heavy atom. The molecule has 1 aliphatic rings. The molecule has 0 atom stereocenters. The van der Waals surface area contributed by atoms with Crippen LogP contribution in [0, 0.1) is 0 Å². The highest BCUT2D eigenvalue weighted by Crippen LogP contribution is 2.30. The summed E-state index contributed by atoms with van der Waals surface area (Å²) in [7, 11) is 0. The minimum atomic E-state index is 0.0176. The number of aromatic hydroxyl groups is 1. The molecule has 2 aromatic carbocycles. The third-order valence-electron chi connectivity index (χ3n) is 4.59. The lowest BCUT2D eigenvalue weighted by molar-refractivity contribution is -0.131. The van der Waals surface area contributed by atoms with Crippen LogP contribution in [0.2, 0.25) is 10.0 Å². The van der Waals surface area contributed by atoms with E-state index in [0.29, 0.717) is 28.7 Å². The second kappa shape index (κ2) is 6.28. The quantitative estimate of drug-likeness (QED) is 0.702. The Morgan fingerprint density at radius 3 is 2.80 bits per heavy atom. The number of nitrogens with zero attached hydrogens (tertiary/aromatic N) is 1. The molecule has 0 saturated carbocycles. The lowest BCUT2D eigenvalue weighted by atomic mass is 10.0. The Bertz CT molecular complexity index is 961. The number of phenolic OH excluding ortho intramolecular Hbond substituents is 1. The summed E-state index contributed by atoms with van der Waals surface area (Å²) in [6.45, 7) is 1.21. The van der Waals surface area contributed by atoms with Crippen LogP contribution in [0.3, 0.4) is 0 Å². The summed E-state index contributed by atoms with van der Waals surface area (Å²) in [4.78, 5) is 17.9. The van der Waals surface area contributed by atoms with Crippen molar-refractivity contribution >= 4 is 40.0 Å². The lowest BCUT2D eigenvalue weighted by Gasteiger charge is -2.27. The van der Waals surface area contributed by atoms with Gasteiger partial charge in [-0.15, -0.1) is 0 Å². The third-order valence-corrected chi connectivity index (χ3v) is 5.04. The average molecular weight is 375 g/mol. The van der Waals surface area contributed by atoms with Crippen molar-refractivity contribution in [3.05, 3.63) is 63.3 Å². The molecule has 1 amide bonds. The summed E-state index contributed by atoms with van der Waals surface area (Å²) in [5.74, 6) is 0.0905. The zero-order chi connectivity index (χ0) is 17.6. The molecule has 0 fully saturated rings. The fourth-order valence-corrected chi connectivity index (χ4v) is 3.87. The van der Waals surface area contributed by atoms with E-state index in [1.54, 1.807) is 12.1 Å². The van der Waals surface area contributed by atoms with Gasteiger partial charge in [0.2, 0.25) is 5.91 Å². The van der Waals surface area contributed by atoms with E-state index in [1.165, 1.54) is 11.6 Å². The highest BCUT2D eigenvalue weighted by Gasteiger charge is 2.24. The summed E-state index contributed by atoms with van der Waals surface area (Å²) in [5, 5.41) is 11.9. The number of H-pyrrole nitrogens is 1. The Hall–Kier alpha value is -2.17. The Balaban J connectivity index is 1.55. The number of halogens is 2. The van der Waals surface area contributed by atoms with Crippen molar-refractivity contribution in [2.45, 2.75) is 19.4 Å². The van der Waals surface area contributed by atoms with Gasteiger partial charge in [0.25, 0.3) is 0 Å². The Kier molecular flexibility index (Phi) is 4.10. The summed E-state index contributed by atoms with van der Waals surface area (Å²) < 4.78 is 0. The molecule has 0 saturated heterocycles. The normalized spacial score (nSPS) is 13.9. The Morgan fingerprint density at radius 1 is 1.16 bits per heavy atom. The molecule has 0 radical (unpaired) electrons. The number of hydrogen-bond donors (Lipinski definition) is 2. The van der Waals surface area contributed by atoms with E-state index in [0.717, 1.165) is 23.0 Å². The van der Waals surface area contributed by atoms with Gasteiger partial charge in [-0.05, 0) is 53.9 Å². The first-order valence-corrected chi connectivity index (χ1v) is 8.80. The number of fused-ring (bicyclic) bond motifs is 3. The summed E-state index contributed by atoms with van der Waals surface area (Å²) in [5.41, 5.74) is 4.06. The molecule has 3 aromatic rings. The van der Waals surface area contributed by atoms with E-state index in [4.69, 9.17) is 23.2 Å². The van der Waals surface area contributed by atoms with Crippen LogP contribution in [0.4, 0.5) is 0 Å². The second-order valence-corrected chi connectivity index (χ2v) is 7.20. The molecule has 6 heteroatoms. The maximum absolute atomic E-state index is 12.6. The third kappa shape index (κ3) is 3.20. The summed E-state index contributed by atoms with van der Waals surface area (Å²) >= 11 is 12.0. The molecule has 0 bridgehead atoms. The number of hydrogen-bond acceptors (Lipinski definition) is 2. The van der Waals surface area contributed by atoms with Crippen LogP contribution < -0.4 is 0 Å². The van der Waals surface area contributed by atoms with E-state index in [2.05, 4.69) is 4.98 Å². The van der Waals surface area contributed by atoms with Crippen molar-refractivity contribution in [1.82, 2.24) is 9.88 Å². The van der Waals surface area contributed by atoms with Crippen molar-refractivity contribution in [2.24, 2.45) is 0 Å². The van der Waals surface area contributed by atoms with Crippen LogP contribution in [-0.2, 0) is 24.2 Å². The number of phenols is 1. The van der Waals surface area contributed by atoms with Crippen molar-refractivity contribution in [3.63, 3.8) is 0 Å². The van der Waals surface area contributed by atoms with Gasteiger partial charge in [0.15, 0.2) is 0 Å². The predicted molar refractivity (Wildman–Crippen MR) is 99.3 cm³/mol. The van der Waals surface area contributed by atoms with E-state index in [1.807, 2.05) is 23.1 Å². The van der Waals surface area contributed by atoms with Crippen LogP contribution in [0.25, 0.3) is 10.9 Å². The predicted octanol–water partition coefficient (Wildman–Crippen LogP) is 4.31. The van der Waals surface area contributed by atoms with Gasteiger partial charge in [-0.25, -0.2) is 0 Å². The molecule has 0 aliphatic carbocycles. The minimum Gasteiger partial charge on any atom is -0.508 e. The fraction of sp³-hybridized carbons (Fsp3) is 0.211. The lowest BCUT2D eigenvalue weighted by Crippen LogP contribution is -2.36. The van der Waals surface area contributed by atoms with Crippen molar-refractivity contribution in [3.8, 4) is 5.75 Å². The molecular formula is C19H16Cl2N2O2. The molecule has 25 heavy (non-hydrogen) atoms. The van der Waals surface area contributed by atoms with Gasteiger partial charge in [-0.2, -0.15) is 0 Å². The van der Waals surface area contributed by atoms with Crippen LogP contribution in [-0.4, -0.2) is 27.4 Å². The SMILES string of the molecule is O=C(Cc1cc(O)cc(Cl)c1)N1CCc2c([nH]c3ccc(Cl)cc23)C1. The van der Waals surface area contributed by atoms with Crippen LogP contribution in [0.5, 0.6) is 5.75 Å². The topological polar surface area (TPSA) is 56.3 Å². The summed E-state index contributed by atoms with van der Waals surface area (Å²) in [6, 6.07) is 10.5. The maximum atomic E-state index is 12.6. The average Bonchev–Trinajstić information content (AvgIpc) is 2.90. The molecule has 2 N–H and O–H groups in total. The zero-order valence-electron chi connectivity index (χ0n) is 13.4. The number of benzene rings is 2. The molecule has 1 aliphatic heterocycles. The summed E-state index contributed by atoms with van der Waals surface area (Å²) in [6.07, 6.45) is 1.01. The smallest absolute Gasteiger partial charge is 0.227 e. The number of carbonyl (C=O) groups excluding carboxylic acids is 1. The number of rotatable bonds is 2. The molecule has 1 aromatic heterocycles. The van der Waals surface area contributed by atoms with Crippen LogP contribution >= 0.6 is 23.2 Å². The van der Waals surface area contributed by atoms with Crippen LogP contribution in [0.15, 0.2) is 36.4 Å². The van der Waals surface area contributed by atoms with E-state index in [-0.39, 0.29) is 18.1 Å². The fourth-order valence-electron chi connectivity index (χ4n) is 3.45. The first-order chi connectivity index (χ1) is 12.0. The first kappa shape index (κ1) is 16.3. The largest absolute Gasteiger partial charge is 0.508 e. The maximum Gasteiger partial charge on any atom is 0.227 e. The standard InChI is InChI=1S/C19H16Cl2N2O2/c20-12-1-2-17-16(9-12)15-3-4-23(10-18(15)22-17)19(25)7-11-5-13(21)8-14(24)6-11/h1-2,5-6,8-9,22,24H,3-4,7,10H2. The van der Waals surface area contributed by atoms with E-state index < -0.39 is 0 Å². The number of carbonyl (C=O) groups is 1. The molecule has 0 unspecified atom stereocenters. The molecule has 2 heterocycles. The Labute approximate surface area is 155 Å². The first-order valence-electron chi connectivity index (χ1n) is 8.05. The number of aromatic nitrogens is 1. The highest BCUT2D eigenvalue weighted by atomic mass is 35.5. The van der Waals surface area contributed by atoms with Gasteiger partial charge in [0.1, 0.15) is 5.75 Å². The van der Waals surface area contributed by atoms with Gasteiger partial charge in [0.05, 0.1) is 13.0 Å². The monoisotopic (exact) mass is 374 g/mol. The van der Waals surface area contributed by atoms with Gasteiger partial charge in [0, 0.05) is 33.2 Å². The van der Waals surface area contributed by atoms with Gasteiger partial charge in [-0.1, -0.05) is 23.2 Å². The number of aromatic amines is 1. The van der Waals surface area contributed by atoms with Gasteiger partial charge >= 0.3 is 0 Å². The van der Waals surface area contributed by atoms with E-state index >= 15 is 0 Å². The minimum absolute atomic E-state index is 0.0176. The van der Waals surface area contributed by atoms with Gasteiger partial charge in [-0.3, -0.25) is 4.79 Å². The molecular weight excluding hydrogens is 359 g/mol.